The number of benzene rings is 2. The van der Waals surface area contributed by atoms with Gasteiger partial charge in [0.2, 0.25) is 0 Å². The summed E-state index contributed by atoms with van der Waals surface area (Å²) in [5.74, 6) is 0.970. The lowest BCUT2D eigenvalue weighted by Crippen LogP contribution is -2.39. The molecule has 0 bridgehead atoms. The molecule has 2 heterocycles. The molecule has 3 aromatic rings. The van der Waals surface area contributed by atoms with Crippen LogP contribution in [-0.2, 0) is 6.54 Å². The molecule has 1 saturated heterocycles. The molecule has 2 atom stereocenters. The van der Waals surface area contributed by atoms with Crippen molar-refractivity contribution >= 4 is 5.91 Å². The molecule has 0 saturated carbocycles. The van der Waals surface area contributed by atoms with Crippen molar-refractivity contribution in [2.45, 2.75) is 26.4 Å². The second-order valence-corrected chi connectivity index (χ2v) is 8.05. The number of nitrogens with zero attached hydrogens (tertiary/aromatic N) is 3. The summed E-state index contributed by atoms with van der Waals surface area (Å²) in [5, 5.41) is 3.22. The number of nitrogens with one attached hydrogen (secondary N) is 1. The average molecular weight is 405 g/mol. The summed E-state index contributed by atoms with van der Waals surface area (Å²) >= 11 is 0. The Kier molecular flexibility index (Phi) is 5.86. The van der Waals surface area contributed by atoms with Crippen LogP contribution in [-0.4, -0.2) is 46.6 Å². The van der Waals surface area contributed by atoms with E-state index in [2.05, 4.69) is 46.4 Å². The second-order valence-electron chi connectivity index (χ2n) is 8.05. The second kappa shape index (κ2) is 8.71. The third-order valence-electron chi connectivity index (χ3n) is 5.69. The number of hydrogen-bond donors (Lipinski definition) is 1. The summed E-state index contributed by atoms with van der Waals surface area (Å²) in [6, 6.07) is 16.1. The number of methoxy groups -OCH3 is 1. The number of carbonyl (C=O) groups is 1. The lowest BCUT2D eigenvalue weighted by molar-refractivity contribution is 0.0931. The van der Waals surface area contributed by atoms with E-state index in [4.69, 9.17) is 4.74 Å². The van der Waals surface area contributed by atoms with E-state index in [9.17, 15) is 4.79 Å². The molecule has 6 heteroatoms. The van der Waals surface area contributed by atoms with Crippen molar-refractivity contribution in [2.24, 2.45) is 5.92 Å². The Balaban J connectivity index is 1.43. The van der Waals surface area contributed by atoms with Crippen molar-refractivity contribution < 1.29 is 9.53 Å². The molecular formula is C24H28N4O2. The van der Waals surface area contributed by atoms with Gasteiger partial charge >= 0.3 is 0 Å². The van der Waals surface area contributed by atoms with E-state index in [1.165, 1.54) is 5.56 Å². The summed E-state index contributed by atoms with van der Waals surface area (Å²) in [5.41, 5.74) is 3.68. The maximum absolute atomic E-state index is 12.9. The van der Waals surface area contributed by atoms with E-state index in [0.717, 1.165) is 31.0 Å². The molecule has 4 rings (SSSR count). The number of amides is 1. The van der Waals surface area contributed by atoms with Gasteiger partial charge in [0, 0.05) is 37.4 Å². The molecule has 6 nitrogen and oxygen atoms in total. The fraction of sp³-hybridized carbons (Fsp3) is 0.333. The number of hydrogen-bond acceptors (Lipinski definition) is 4. The molecule has 1 amide bonds. The summed E-state index contributed by atoms with van der Waals surface area (Å²) < 4.78 is 7.44. The van der Waals surface area contributed by atoms with Gasteiger partial charge in [-0.3, -0.25) is 9.69 Å². The Morgan fingerprint density at radius 3 is 2.70 bits per heavy atom. The van der Waals surface area contributed by atoms with Gasteiger partial charge in [-0.25, -0.2) is 4.98 Å². The van der Waals surface area contributed by atoms with Crippen molar-refractivity contribution in [1.29, 1.82) is 0 Å². The quantitative estimate of drug-likeness (QED) is 0.684. The minimum absolute atomic E-state index is 0.0694. The maximum Gasteiger partial charge on any atom is 0.251 e. The van der Waals surface area contributed by atoms with Gasteiger partial charge in [-0.2, -0.15) is 0 Å². The lowest BCUT2D eigenvalue weighted by Gasteiger charge is -2.18. The van der Waals surface area contributed by atoms with Crippen LogP contribution in [0.15, 0.2) is 61.1 Å². The van der Waals surface area contributed by atoms with E-state index < -0.39 is 0 Å². The Morgan fingerprint density at radius 1 is 1.20 bits per heavy atom. The SMILES string of the molecule is COc1cc(C(=O)N[C@H]2CN(Cc3ccccc3)C[C@H]2C)ccc1-n1cnc(C)c1. The Labute approximate surface area is 177 Å². The van der Waals surface area contributed by atoms with Crippen LogP contribution in [0.3, 0.4) is 0 Å². The van der Waals surface area contributed by atoms with Crippen LogP contribution in [0.5, 0.6) is 5.75 Å². The molecule has 0 radical (unpaired) electrons. The number of ether oxygens (including phenoxy) is 1. The number of rotatable bonds is 6. The third-order valence-corrected chi connectivity index (χ3v) is 5.69. The third kappa shape index (κ3) is 4.39. The van der Waals surface area contributed by atoms with Crippen LogP contribution in [0, 0.1) is 12.8 Å². The molecule has 2 aromatic carbocycles. The zero-order valence-corrected chi connectivity index (χ0v) is 17.7. The van der Waals surface area contributed by atoms with Crippen molar-refractivity contribution in [3.63, 3.8) is 0 Å². The van der Waals surface area contributed by atoms with Crippen LogP contribution in [0.4, 0.5) is 0 Å². The van der Waals surface area contributed by atoms with Crippen molar-refractivity contribution in [3.8, 4) is 11.4 Å². The standard InChI is InChI=1S/C24H28N4O2/c1-17-12-27(14-19-7-5-4-6-8-19)15-21(17)26-24(29)20-9-10-22(23(11-20)30-3)28-13-18(2)25-16-28/h4-11,13,16-17,21H,12,14-15H2,1-3H3,(H,26,29)/t17-,21+/m1/s1. The number of carbonyl (C=O) groups excluding carboxylic acids is 1. The van der Waals surface area contributed by atoms with E-state index in [1.807, 2.05) is 35.9 Å². The van der Waals surface area contributed by atoms with E-state index in [1.54, 1.807) is 19.5 Å². The molecule has 156 valence electrons. The van der Waals surface area contributed by atoms with Gasteiger partial charge in [0.1, 0.15) is 5.75 Å². The predicted molar refractivity (Wildman–Crippen MR) is 117 cm³/mol. The molecule has 0 unspecified atom stereocenters. The van der Waals surface area contributed by atoms with Crippen molar-refractivity contribution in [2.75, 3.05) is 20.2 Å². The highest BCUT2D eigenvalue weighted by Crippen LogP contribution is 2.25. The fourth-order valence-electron chi connectivity index (χ4n) is 4.06. The fourth-order valence-corrected chi connectivity index (χ4v) is 4.06. The first-order chi connectivity index (χ1) is 14.5. The molecule has 1 fully saturated rings. The van der Waals surface area contributed by atoms with Gasteiger partial charge < -0.3 is 14.6 Å². The van der Waals surface area contributed by atoms with Gasteiger partial charge in [-0.15, -0.1) is 0 Å². The maximum atomic E-state index is 12.9. The topological polar surface area (TPSA) is 59.4 Å². The van der Waals surface area contributed by atoms with E-state index in [-0.39, 0.29) is 11.9 Å². The van der Waals surface area contributed by atoms with E-state index >= 15 is 0 Å². The molecule has 1 aliphatic rings. The van der Waals surface area contributed by atoms with Crippen LogP contribution in [0.2, 0.25) is 0 Å². The summed E-state index contributed by atoms with van der Waals surface area (Å²) in [6.07, 6.45) is 3.67. The Morgan fingerprint density at radius 2 is 2.00 bits per heavy atom. The monoisotopic (exact) mass is 404 g/mol. The summed E-state index contributed by atoms with van der Waals surface area (Å²) in [7, 11) is 1.62. The Hall–Kier alpha value is -3.12. The molecule has 0 spiro atoms. The highest BCUT2D eigenvalue weighted by atomic mass is 16.5. The first-order valence-corrected chi connectivity index (χ1v) is 10.3. The zero-order valence-electron chi connectivity index (χ0n) is 17.7. The first kappa shape index (κ1) is 20.2. The molecular weight excluding hydrogens is 376 g/mol. The number of likely N-dealkylation sites (tertiary alicyclic amines) is 1. The van der Waals surface area contributed by atoms with Gasteiger partial charge in [0.15, 0.2) is 0 Å². The summed E-state index contributed by atoms with van der Waals surface area (Å²) in [6.45, 7) is 6.87. The van der Waals surface area contributed by atoms with Crippen LogP contribution < -0.4 is 10.1 Å². The Bertz CT molecular complexity index is 1020. The van der Waals surface area contributed by atoms with Crippen LogP contribution in [0.1, 0.15) is 28.5 Å². The smallest absolute Gasteiger partial charge is 0.251 e. The molecule has 1 aliphatic heterocycles. The highest BCUT2D eigenvalue weighted by Gasteiger charge is 2.31. The van der Waals surface area contributed by atoms with Gasteiger partial charge in [0.25, 0.3) is 5.91 Å². The number of imidazole rings is 1. The van der Waals surface area contributed by atoms with Gasteiger partial charge in [-0.1, -0.05) is 37.3 Å². The van der Waals surface area contributed by atoms with Crippen molar-refractivity contribution in [3.05, 3.63) is 77.9 Å². The van der Waals surface area contributed by atoms with Gasteiger partial charge in [0.05, 0.1) is 24.8 Å². The minimum atomic E-state index is -0.0694. The number of aryl methyl sites for hydroxylation is 1. The van der Waals surface area contributed by atoms with Crippen LogP contribution >= 0.6 is 0 Å². The minimum Gasteiger partial charge on any atom is -0.495 e. The zero-order chi connectivity index (χ0) is 21.1. The molecule has 1 N–H and O–H groups in total. The van der Waals surface area contributed by atoms with Crippen molar-refractivity contribution in [1.82, 2.24) is 19.8 Å². The number of aromatic nitrogens is 2. The molecule has 30 heavy (non-hydrogen) atoms. The lowest BCUT2D eigenvalue weighted by atomic mass is 10.1. The largest absolute Gasteiger partial charge is 0.495 e. The normalized spacial score (nSPS) is 19.0. The summed E-state index contributed by atoms with van der Waals surface area (Å²) in [4.78, 5) is 19.6. The first-order valence-electron chi connectivity index (χ1n) is 10.3. The highest BCUT2D eigenvalue weighted by molar-refractivity contribution is 5.95. The molecule has 0 aliphatic carbocycles. The average Bonchev–Trinajstić information content (AvgIpc) is 3.33. The predicted octanol–water partition coefficient (Wildman–Crippen LogP) is 3.44. The van der Waals surface area contributed by atoms with Crippen LogP contribution in [0.25, 0.3) is 5.69 Å². The van der Waals surface area contributed by atoms with E-state index in [0.29, 0.717) is 17.2 Å². The van der Waals surface area contributed by atoms with Gasteiger partial charge in [-0.05, 0) is 36.6 Å². The molecule has 1 aromatic heterocycles.